The maximum absolute atomic E-state index is 10.8. The lowest BCUT2D eigenvalue weighted by Gasteiger charge is -2.05. The van der Waals surface area contributed by atoms with E-state index in [-0.39, 0.29) is 15.3 Å². The highest BCUT2D eigenvalue weighted by atomic mass is 28.2. The van der Waals surface area contributed by atoms with Crippen LogP contribution in [0, 0.1) is 0 Å². The summed E-state index contributed by atoms with van der Waals surface area (Å²) in [6.07, 6.45) is 1.86. The van der Waals surface area contributed by atoms with Gasteiger partial charge in [-0.3, -0.25) is 0 Å². The first-order chi connectivity index (χ1) is 6.75. The maximum atomic E-state index is 10.8. The summed E-state index contributed by atoms with van der Waals surface area (Å²) in [5.74, 6) is -0.553. The zero-order chi connectivity index (χ0) is 10.4. The van der Waals surface area contributed by atoms with Gasteiger partial charge in [0.25, 0.3) is 0 Å². The van der Waals surface area contributed by atoms with E-state index in [4.69, 9.17) is 9.53 Å². The molecular weight excluding hydrogens is 196 g/mol. The number of carboxylic acids is 1. The largest absolute Gasteiger partial charge is 0.536 e. The topological polar surface area (TPSA) is 46.5 Å². The van der Waals surface area contributed by atoms with Crippen molar-refractivity contribution in [2.24, 2.45) is 0 Å². The molecule has 72 valence electrons. The Labute approximate surface area is 85.0 Å². The number of aromatic carboxylic acids is 1. The minimum Gasteiger partial charge on any atom is -0.536 e. The summed E-state index contributed by atoms with van der Waals surface area (Å²) in [5.41, 5.74) is 2.04. The molecule has 0 heterocycles. The number of carboxylic acid groups (broad SMARTS) is 1. The molecule has 2 radical (unpaired) electrons. The Bertz CT molecular complexity index is 347. The van der Waals surface area contributed by atoms with Gasteiger partial charge in [0.15, 0.2) is 0 Å². The van der Waals surface area contributed by atoms with Gasteiger partial charge in [0.05, 0.1) is 5.56 Å². The van der Waals surface area contributed by atoms with Crippen molar-refractivity contribution in [1.29, 1.82) is 0 Å². The normalized spacial score (nSPS) is 10.4. The van der Waals surface area contributed by atoms with Crippen LogP contribution in [0.2, 0.25) is 0 Å². The van der Waals surface area contributed by atoms with E-state index < -0.39 is 5.97 Å². The smallest absolute Gasteiger partial charge is 0.342 e. The highest BCUT2D eigenvalue weighted by Gasteiger charge is 2.08. The van der Waals surface area contributed by atoms with Gasteiger partial charge in [0, 0.05) is 0 Å². The van der Waals surface area contributed by atoms with E-state index in [9.17, 15) is 4.79 Å². The second-order valence-electron chi connectivity index (χ2n) is 2.52. The van der Waals surface area contributed by atoms with Gasteiger partial charge in [0.1, 0.15) is 5.75 Å². The minimum absolute atomic E-state index is 0.155. The van der Waals surface area contributed by atoms with Crippen LogP contribution in [-0.2, 0) is 0 Å². The van der Waals surface area contributed by atoms with Crippen molar-refractivity contribution in [1.82, 2.24) is 0 Å². The Hall–Kier alpha value is -1.55. The van der Waals surface area contributed by atoms with Gasteiger partial charge in [-0.05, 0) is 19.1 Å². The highest BCUT2D eigenvalue weighted by molar-refractivity contribution is 6.35. The van der Waals surface area contributed by atoms with Crippen LogP contribution in [-0.4, -0.2) is 20.8 Å². The first-order valence-corrected chi connectivity index (χ1v) is 5.10. The number of allylic oxidation sites excluding steroid dienone is 1. The van der Waals surface area contributed by atoms with Crippen molar-refractivity contribution >= 4 is 15.7 Å². The van der Waals surface area contributed by atoms with E-state index in [1.807, 2.05) is 18.7 Å². The molecule has 1 aromatic carbocycles. The molecule has 4 heteroatoms. The van der Waals surface area contributed by atoms with E-state index in [1.165, 1.54) is 6.07 Å². The van der Waals surface area contributed by atoms with Crippen LogP contribution in [0.1, 0.15) is 17.3 Å². The summed E-state index contributed by atoms with van der Waals surface area (Å²) in [6, 6.07) is 6.61. The van der Waals surface area contributed by atoms with E-state index >= 15 is 0 Å². The van der Waals surface area contributed by atoms with Gasteiger partial charge in [-0.25, -0.2) is 4.79 Å². The molecule has 0 saturated carbocycles. The molecule has 0 aliphatic rings. The molecule has 0 aromatic heterocycles. The van der Waals surface area contributed by atoms with E-state index in [2.05, 4.69) is 0 Å². The fraction of sp³-hybridized carbons (Fsp3) is 0.100. The van der Waals surface area contributed by atoms with E-state index in [0.717, 1.165) is 0 Å². The van der Waals surface area contributed by atoms with Crippen molar-refractivity contribution in [3.63, 3.8) is 0 Å². The maximum Gasteiger partial charge on any atom is 0.342 e. The van der Waals surface area contributed by atoms with Gasteiger partial charge in [-0.2, -0.15) is 0 Å². The molecule has 1 aromatic rings. The van der Waals surface area contributed by atoms with Crippen LogP contribution in [0.4, 0.5) is 0 Å². The van der Waals surface area contributed by atoms with Crippen LogP contribution in [0.5, 0.6) is 5.75 Å². The number of rotatable bonds is 4. The third-order valence-electron chi connectivity index (χ3n) is 1.52. The summed E-state index contributed by atoms with van der Waals surface area (Å²) in [4.78, 5) is 10.8. The molecule has 0 fully saturated rings. The van der Waals surface area contributed by atoms with Crippen LogP contribution < -0.4 is 4.43 Å². The molecule has 3 nitrogen and oxygen atoms in total. The number of para-hydroxylation sites is 1. The molecule has 0 bridgehead atoms. The number of hydrogen-bond acceptors (Lipinski definition) is 2. The summed E-state index contributed by atoms with van der Waals surface area (Å²) in [6.45, 7) is 1.89. The van der Waals surface area contributed by atoms with Gasteiger partial charge < -0.3 is 9.53 Å². The van der Waals surface area contributed by atoms with Crippen molar-refractivity contribution in [2.75, 3.05) is 0 Å². The van der Waals surface area contributed by atoms with Crippen LogP contribution >= 0.6 is 0 Å². The van der Waals surface area contributed by atoms with Gasteiger partial charge >= 0.3 is 15.7 Å². The van der Waals surface area contributed by atoms with E-state index in [1.54, 1.807) is 18.2 Å². The fourth-order valence-corrected chi connectivity index (χ4v) is 1.41. The quantitative estimate of drug-likeness (QED) is 0.765. The summed E-state index contributed by atoms with van der Waals surface area (Å²) in [5, 5.41) is 8.83. The summed E-state index contributed by atoms with van der Waals surface area (Å²) >= 11 is 0. The molecule has 0 atom stereocenters. The lowest BCUT2D eigenvalue weighted by atomic mass is 10.2. The summed E-state index contributed by atoms with van der Waals surface area (Å²) in [7, 11) is 0.155. The molecule has 0 amide bonds. The summed E-state index contributed by atoms with van der Waals surface area (Å²) < 4.78 is 5.30. The number of benzene rings is 1. The third-order valence-corrected chi connectivity index (χ3v) is 2.33. The van der Waals surface area contributed by atoms with Crippen molar-refractivity contribution in [3.8, 4) is 5.75 Å². The minimum atomic E-state index is -0.967. The average Bonchev–Trinajstić information content (AvgIpc) is 2.19. The number of carbonyl (C=O) groups is 1. The first-order valence-electron chi connectivity index (χ1n) is 4.11. The molecular formula is C10H10O3Si. The predicted molar refractivity (Wildman–Crippen MR) is 54.6 cm³/mol. The Balaban J connectivity index is 2.79. The monoisotopic (exact) mass is 206 g/mol. The van der Waals surface area contributed by atoms with Gasteiger partial charge in [-0.1, -0.05) is 23.9 Å². The molecule has 0 aliphatic carbocycles. The Morgan fingerprint density at radius 3 is 2.86 bits per heavy atom. The first kappa shape index (κ1) is 10.5. The molecule has 0 aliphatic heterocycles. The molecule has 0 saturated heterocycles. The van der Waals surface area contributed by atoms with Crippen LogP contribution in [0.25, 0.3) is 0 Å². The molecule has 1 N–H and O–H groups in total. The third kappa shape index (κ3) is 2.74. The van der Waals surface area contributed by atoms with E-state index in [0.29, 0.717) is 5.75 Å². The Morgan fingerprint density at radius 1 is 1.50 bits per heavy atom. The zero-order valence-electron chi connectivity index (χ0n) is 7.73. The second-order valence-corrected chi connectivity index (χ2v) is 3.29. The lowest BCUT2D eigenvalue weighted by molar-refractivity contribution is 0.0695. The van der Waals surface area contributed by atoms with Crippen LogP contribution in [0.3, 0.4) is 0 Å². The molecule has 0 unspecified atom stereocenters. The standard InChI is InChI=1S/C10H10O3Si/c1-2-7-14-13-9-6-4-3-5-8(9)10(11)12/h2-7H,1H3,(H,11,12). The van der Waals surface area contributed by atoms with Crippen molar-refractivity contribution in [2.45, 2.75) is 6.92 Å². The zero-order valence-corrected chi connectivity index (χ0v) is 8.73. The number of hydrogen-bond donors (Lipinski definition) is 1. The molecule has 1 rings (SSSR count). The van der Waals surface area contributed by atoms with Crippen molar-refractivity contribution < 1.29 is 14.3 Å². The lowest BCUT2D eigenvalue weighted by Crippen LogP contribution is -2.05. The second kappa shape index (κ2) is 5.24. The molecule has 14 heavy (non-hydrogen) atoms. The van der Waals surface area contributed by atoms with Crippen LogP contribution in [0.15, 0.2) is 36.0 Å². The highest BCUT2D eigenvalue weighted by Crippen LogP contribution is 2.16. The average molecular weight is 206 g/mol. The fourth-order valence-electron chi connectivity index (χ4n) is 0.898. The Morgan fingerprint density at radius 2 is 2.21 bits per heavy atom. The predicted octanol–water partition coefficient (Wildman–Crippen LogP) is 1.92. The Kier molecular flexibility index (Phi) is 3.94. The van der Waals surface area contributed by atoms with Gasteiger partial charge in [0.2, 0.25) is 0 Å². The molecule has 0 spiro atoms. The van der Waals surface area contributed by atoms with Crippen molar-refractivity contribution in [3.05, 3.63) is 41.6 Å². The SMILES string of the molecule is CC=C[Si]Oc1ccccc1C(=O)O. The van der Waals surface area contributed by atoms with Gasteiger partial charge in [-0.15, -0.1) is 0 Å².